The zero-order valence-electron chi connectivity index (χ0n) is 17.9. The van der Waals surface area contributed by atoms with Crippen molar-refractivity contribution in [1.29, 1.82) is 0 Å². The van der Waals surface area contributed by atoms with Crippen molar-refractivity contribution in [3.05, 3.63) is 58.4 Å². The molecule has 3 rings (SSSR count). The van der Waals surface area contributed by atoms with Crippen LogP contribution in [0.25, 0.3) is 0 Å². The summed E-state index contributed by atoms with van der Waals surface area (Å²) in [6.07, 6.45) is 4.21. The van der Waals surface area contributed by atoms with Crippen molar-refractivity contribution in [3.8, 4) is 0 Å². The summed E-state index contributed by atoms with van der Waals surface area (Å²) in [5, 5.41) is 8.99. The number of pyridine rings is 1. The summed E-state index contributed by atoms with van der Waals surface area (Å²) < 4.78 is 28.4. The summed E-state index contributed by atoms with van der Waals surface area (Å²) in [5.41, 5.74) is 0.699. The standard InChI is InChI=1S/C20H21BrClN7O3S2/c1-13(30)24-9-10-25-19-16(21)11-26-20(28-19)27-14-3-5-15(6-4-14)33(2)29-34(31,32)18-12-23-8-7-17(18)22/h3-8,11-12,29H,2,9-10H2,1H3,(H,24,30)(H2,25,26,27,28). The Morgan fingerprint density at radius 3 is 2.59 bits per heavy atom. The maximum atomic E-state index is 12.6. The Balaban J connectivity index is 1.64. The monoisotopic (exact) mass is 585 g/mol. The second-order valence-electron chi connectivity index (χ2n) is 6.73. The fourth-order valence-electron chi connectivity index (χ4n) is 2.59. The number of carbonyl (C=O) groups is 1. The maximum Gasteiger partial charge on any atom is 0.252 e. The zero-order valence-corrected chi connectivity index (χ0v) is 21.9. The van der Waals surface area contributed by atoms with Crippen LogP contribution in [0.1, 0.15) is 6.92 Å². The number of carbonyl (C=O) groups excluding carboxylic acids is 1. The average Bonchev–Trinajstić information content (AvgIpc) is 2.79. The largest absolute Gasteiger partial charge is 0.367 e. The lowest BCUT2D eigenvalue weighted by molar-refractivity contribution is -0.118. The summed E-state index contributed by atoms with van der Waals surface area (Å²) in [6, 6.07) is 8.43. The molecule has 0 fully saturated rings. The molecule has 2 heterocycles. The van der Waals surface area contributed by atoms with Gasteiger partial charge in [-0.3, -0.25) is 9.78 Å². The molecule has 0 saturated carbocycles. The van der Waals surface area contributed by atoms with Crippen molar-refractivity contribution in [2.24, 2.45) is 0 Å². The molecule has 14 heteroatoms. The minimum atomic E-state index is -3.89. The fraction of sp³-hybridized carbons (Fsp3) is 0.150. The number of benzene rings is 1. The number of nitrogens with one attached hydrogen (secondary N) is 4. The lowest BCUT2D eigenvalue weighted by Crippen LogP contribution is -2.26. The SMILES string of the molecule is C=S(NS(=O)(=O)c1cnccc1Cl)c1ccc(Nc2ncc(Br)c(NCCNC(C)=O)n2)cc1. The van der Waals surface area contributed by atoms with E-state index < -0.39 is 20.7 Å². The molecule has 1 unspecified atom stereocenters. The van der Waals surface area contributed by atoms with Crippen LogP contribution in [-0.2, 0) is 14.8 Å². The number of rotatable bonds is 10. The van der Waals surface area contributed by atoms with Gasteiger partial charge in [0.15, 0.2) is 0 Å². The zero-order chi connectivity index (χ0) is 24.7. The van der Waals surface area contributed by atoms with E-state index >= 15 is 0 Å². The van der Waals surface area contributed by atoms with E-state index in [2.05, 4.69) is 56.8 Å². The van der Waals surface area contributed by atoms with Gasteiger partial charge >= 0.3 is 0 Å². The molecule has 4 N–H and O–H groups in total. The Morgan fingerprint density at radius 1 is 1.18 bits per heavy atom. The first-order chi connectivity index (χ1) is 16.2. The second kappa shape index (κ2) is 11.7. The van der Waals surface area contributed by atoms with Crippen molar-refractivity contribution < 1.29 is 13.2 Å². The molecule has 34 heavy (non-hydrogen) atoms. The van der Waals surface area contributed by atoms with Crippen molar-refractivity contribution in [2.45, 2.75) is 16.7 Å². The topological polar surface area (TPSA) is 138 Å². The van der Waals surface area contributed by atoms with Crippen molar-refractivity contribution in [2.75, 3.05) is 23.7 Å². The molecular formula is C20H21BrClN7O3S2. The second-order valence-corrected chi connectivity index (χ2v) is 11.4. The molecule has 0 spiro atoms. The Bertz CT molecular complexity index is 1310. The molecule has 1 amide bonds. The molecule has 2 aromatic heterocycles. The predicted molar refractivity (Wildman–Crippen MR) is 139 cm³/mol. The van der Waals surface area contributed by atoms with Crippen molar-refractivity contribution in [3.63, 3.8) is 0 Å². The van der Waals surface area contributed by atoms with Crippen LogP contribution < -0.4 is 20.1 Å². The van der Waals surface area contributed by atoms with Crippen LogP contribution in [0, 0.1) is 0 Å². The van der Waals surface area contributed by atoms with Gasteiger partial charge in [-0.2, -0.15) is 9.11 Å². The molecule has 180 valence electrons. The third kappa shape index (κ3) is 7.21. The third-order valence-corrected chi connectivity index (χ3v) is 8.61. The van der Waals surface area contributed by atoms with Gasteiger partial charge < -0.3 is 16.0 Å². The lowest BCUT2D eigenvalue weighted by atomic mass is 10.3. The number of anilines is 3. The Morgan fingerprint density at radius 2 is 1.91 bits per heavy atom. The summed E-state index contributed by atoms with van der Waals surface area (Å²) >= 11 is 9.37. The van der Waals surface area contributed by atoms with E-state index in [1.807, 2.05) is 0 Å². The Hall–Kier alpha value is -2.58. The molecule has 0 radical (unpaired) electrons. The van der Waals surface area contributed by atoms with Crippen LogP contribution in [0.5, 0.6) is 0 Å². The number of amides is 1. The highest BCUT2D eigenvalue weighted by Gasteiger charge is 2.19. The lowest BCUT2D eigenvalue weighted by Gasteiger charge is -2.13. The predicted octanol–water partition coefficient (Wildman–Crippen LogP) is 3.53. The smallest absolute Gasteiger partial charge is 0.252 e. The fourth-order valence-corrected chi connectivity index (χ4v) is 6.12. The molecule has 0 aliphatic rings. The van der Waals surface area contributed by atoms with Crippen LogP contribution in [0.4, 0.5) is 17.5 Å². The van der Waals surface area contributed by atoms with E-state index in [1.54, 1.807) is 30.5 Å². The first kappa shape index (κ1) is 26.0. The van der Waals surface area contributed by atoms with E-state index in [-0.39, 0.29) is 15.8 Å². The van der Waals surface area contributed by atoms with E-state index in [4.69, 9.17) is 11.6 Å². The summed E-state index contributed by atoms with van der Waals surface area (Å²) in [5.74, 6) is 4.75. The highest BCUT2D eigenvalue weighted by molar-refractivity contribution is 9.10. The normalized spacial score (nSPS) is 12.1. The number of hydrogen-bond donors (Lipinski definition) is 4. The van der Waals surface area contributed by atoms with Crippen LogP contribution in [0.15, 0.2) is 63.2 Å². The van der Waals surface area contributed by atoms with Crippen LogP contribution in [0.3, 0.4) is 0 Å². The van der Waals surface area contributed by atoms with Crippen molar-refractivity contribution >= 4 is 77.5 Å². The van der Waals surface area contributed by atoms with Gasteiger partial charge in [0.05, 0.1) is 9.50 Å². The van der Waals surface area contributed by atoms with Gasteiger partial charge in [0.2, 0.25) is 11.9 Å². The average molecular weight is 587 g/mol. The summed E-state index contributed by atoms with van der Waals surface area (Å²) in [4.78, 5) is 24.0. The maximum absolute atomic E-state index is 12.6. The van der Waals surface area contributed by atoms with Gasteiger partial charge in [0.25, 0.3) is 10.0 Å². The van der Waals surface area contributed by atoms with Crippen LogP contribution >= 0.6 is 38.2 Å². The first-order valence-corrected chi connectivity index (χ1v) is 13.7. The Labute approximate surface area is 213 Å². The molecule has 0 aliphatic carbocycles. The van der Waals surface area contributed by atoms with Crippen LogP contribution in [0.2, 0.25) is 5.02 Å². The van der Waals surface area contributed by atoms with Gasteiger partial charge in [-0.1, -0.05) is 28.1 Å². The van der Waals surface area contributed by atoms with Gasteiger partial charge in [-0.25, -0.2) is 13.4 Å². The van der Waals surface area contributed by atoms with E-state index in [0.717, 1.165) is 0 Å². The van der Waals surface area contributed by atoms with E-state index in [9.17, 15) is 13.2 Å². The molecular weight excluding hydrogens is 566 g/mol. The Kier molecular flexibility index (Phi) is 8.97. The molecule has 3 aromatic rings. The van der Waals surface area contributed by atoms with Gasteiger partial charge in [-0.15, -0.1) is 0 Å². The minimum absolute atomic E-state index is 0.0810. The third-order valence-electron chi connectivity index (χ3n) is 4.16. The number of nitrogens with zero attached hydrogens (tertiary/aromatic N) is 3. The summed E-state index contributed by atoms with van der Waals surface area (Å²) in [6.45, 7) is 2.41. The number of sulfonamides is 1. The summed E-state index contributed by atoms with van der Waals surface area (Å²) in [7, 11) is -4.95. The van der Waals surface area contributed by atoms with Gasteiger partial charge in [-0.05, 0) is 46.3 Å². The number of hydrogen-bond acceptors (Lipinski definition) is 8. The molecule has 0 aliphatic heterocycles. The first-order valence-electron chi connectivity index (χ1n) is 9.69. The molecule has 1 aromatic carbocycles. The number of halogens is 2. The van der Waals surface area contributed by atoms with Gasteiger partial charge in [0.1, 0.15) is 10.7 Å². The van der Waals surface area contributed by atoms with Crippen molar-refractivity contribution in [1.82, 2.24) is 24.4 Å². The molecule has 0 bridgehead atoms. The molecule has 10 nitrogen and oxygen atoms in total. The molecule has 1 atom stereocenters. The number of aromatic nitrogens is 3. The highest BCUT2D eigenvalue weighted by Crippen LogP contribution is 2.28. The van der Waals surface area contributed by atoms with E-state index in [0.29, 0.717) is 39.9 Å². The van der Waals surface area contributed by atoms with Crippen LogP contribution in [-0.4, -0.2) is 48.2 Å². The van der Waals surface area contributed by atoms with Gasteiger partial charge in [0, 0.05) is 49.2 Å². The molecule has 0 saturated heterocycles. The quantitative estimate of drug-likeness (QED) is 0.209. The minimum Gasteiger partial charge on any atom is -0.367 e. The highest BCUT2D eigenvalue weighted by atomic mass is 79.9. The van der Waals surface area contributed by atoms with E-state index in [1.165, 1.54) is 25.4 Å².